The van der Waals surface area contributed by atoms with Gasteiger partial charge < -0.3 is 10.6 Å². The highest BCUT2D eigenvalue weighted by molar-refractivity contribution is 9.10. The normalized spacial score (nSPS) is 10.2. The number of anilines is 2. The number of benzene rings is 1. The zero-order valence-corrected chi connectivity index (χ0v) is 11.1. The molecule has 0 aliphatic heterocycles. The molecule has 1 heterocycles. The maximum atomic E-state index is 5.50. The van der Waals surface area contributed by atoms with Gasteiger partial charge in [0.15, 0.2) is 0 Å². The first kappa shape index (κ1) is 11.9. The van der Waals surface area contributed by atoms with Crippen LogP contribution < -0.4 is 10.6 Å². The van der Waals surface area contributed by atoms with E-state index in [-0.39, 0.29) is 0 Å². The fraction of sp³-hybridized carbons (Fsp3) is 0.167. The summed E-state index contributed by atoms with van der Waals surface area (Å²) in [5, 5.41) is 0. The highest BCUT2D eigenvalue weighted by atomic mass is 79.9. The predicted molar refractivity (Wildman–Crippen MR) is 72.7 cm³/mol. The lowest BCUT2D eigenvalue weighted by molar-refractivity contribution is 0.891. The minimum Gasteiger partial charge on any atom is -0.382 e. The molecular weight excluding hydrogens is 280 g/mol. The Morgan fingerprint density at radius 3 is 2.47 bits per heavy atom. The van der Waals surface area contributed by atoms with E-state index in [9.17, 15) is 0 Å². The molecule has 0 aliphatic carbocycles. The molecule has 0 saturated carbocycles. The van der Waals surface area contributed by atoms with E-state index in [0.717, 1.165) is 16.8 Å². The number of nitrogens with two attached hydrogens (primary N) is 1. The monoisotopic (exact) mass is 292 g/mol. The lowest BCUT2D eigenvalue weighted by Gasteiger charge is -2.17. The molecule has 1 aromatic heterocycles. The van der Waals surface area contributed by atoms with Crippen LogP contribution in [0.15, 0.2) is 41.1 Å². The van der Waals surface area contributed by atoms with Gasteiger partial charge in [0.1, 0.15) is 11.6 Å². The quantitative estimate of drug-likeness (QED) is 0.944. The molecule has 2 rings (SSSR count). The molecular formula is C12H13BrN4. The Morgan fingerprint density at radius 1 is 1.18 bits per heavy atom. The second-order valence-electron chi connectivity index (χ2n) is 3.78. The third-order valence-electron chi connectivity index (χ3n) is 2.38. The lowest BCUT2D eigenvalue weighted by Crippen LogP contribution is -2.17. The predicted octanol–water partition coefficient (Wildman–Crippen LogP) is 2.46. The van der Waals surface area contributed by atoms with Gasteiger partial charge in [-0.1, -0.05) is 28.1 Å². The summed E-state index contributed by atoms with van der Waals surface area (Å²) in [6.07, 6.45) is 3.24. The van der Waals surface area contributed by atoms with Crippen molar-refractivity contribution in [1.82, 2.24) is 9.97 Å². The van der Waals surface area contributed by atoms with Crippen LogP contribution in [0.5, 0.6) is 0 Å². The second-order valence-corrected chi connectivity index (χ2v) is 4.70. The molecule has 0 bridgehead atoms. The molecule has 17 heavy (non-hydrogen) atoms. The lowest BCUT2D eigenvalue weighted by atomic mass is 10.2. The Bertz CT molecular complexity index is 481. The average molecular weight is 293 g/mol. The van der Waals surface area contributed by atoms with Crippen LogP contribution in [-0.2, 0) is 6.54 Å². The summed E-state index contributed by atoms with van der Waals surface area (Å²) in [7, 11) is 1.97. The third-order valence-corrected chi connectivity index (χ3v) is 2.91. The van der Waals surface area contributed by atoms with Crippen LogP contribution >= 0.6 is 15.9 Å². The van der Waals surface area contributed by atoms with Crippen LogP contribution in [0.2, 0.25) is 0 Å². The van der Waals surface area contributed by atoms with E-state index in [2.05, 4.69) is 38.0 Å². The number of aromatic nitrogens is 2. The molecule has 0 unspecified atom stereocenters. The number of rotatable bonds is 3. The van der Waals surface area contributed by atoms with Crippen molar-refractivity contribution in [2.24, 2.45) is 0 Å². The zero-order chi connectivity index (χ0) is 12.3. The molecule has 1 aromatic carbocycles. The smallest absolute Gasteiger partial charge is 0.147 e. The fourth-order valence-electron chi connectivity index (χ4n) is 1.47. The maximum Gasteiger partial charge on any atom is 0.147 e. The molecule has 0 atom stereocenters. The molecule has 0 fully saturated rings. The minimum atomic E-state index is 0.436. The SMILES string of the molecule is CN(Cc1ccc(Br)cc1)c1cnc(N)cn1. The van der Waals surface area contributed by atoms with Crippen molar-refractivity contribution in [3.63, 3.8) is 0 Å². The minimum absolute atomic E-state index is 0.436. The van der Waals surface area contributed by atoms with Gasteiger partial charge in [-0.15, -0.1) is 0 Å². The van der Waals surface area contributed by atoms with Gasteiger partial charge >= 0.3 is 0 Å². The molecule has 0 amide bonds. The van der Waals surface area contributed by atoms with Gasteiger partial charge in [0.25, 0.3) is 0 Å². The molecule has 88 valence electrons. The van der Waals surface area contributed by atoms with E-state index >= 15 is 0 Å². The van der Waals surface area contributed by atoms with Gasteiger partial charge in [0.05, 0.1) is 12.4 Å². The zero-order valence-electron chi connectivity index (χ0n) is 9.47. The highest BCUT2D eigenvalue weighted by Crippen LogP contribution is 2.14. The molecule has 0 saturated heterocycles. The first-order valence-corrected chi connectivity index (χ1v) is 5.97. The number of hydrogen-bond donors (Lipinski definition) is 1. The first-order valence-electron chi connectivity index (χ1n) is 5.18. The summed E-state index contributed by atoms with van der Waals surface area (Å²) in [4.78, 5) is 10.3. The summed E-state index contributed by atoms with van der Waals surface area (Å²) >= 11 is 3.41. The molecule has 4 nitrogen and oxygen atoms in total. The van der Waals surface area contributed by atoms with Crippen LogP contribution in [-0.4, -0.2) is 17.0 Å². The number of hydrogen-bond acceptors (Lipinski definition) is 4. The van der Waals surface area contributed by atoms with Crippen molar-refractivity contribution in [2.45, 2.75) is 6.54 Å². The van der Waals surface area contributed by atoms with E-state index in [4.69, 9.17) is 5.73 Å². The number of nitrogens with zero attached hydrogens (tertiary/aromatic N) is 3. The third kappa shape index (κ3) is 3.17. The Kier molecular flexibility index (Phi) is 3.58. The van der Waals surface area contributed by atoms with Crippen molar-refractivity contribution in [2.75, 3.05) is 17.7 Å². The van der Waals surface area contributed by atoms with Crippen molar-refractivity contribution >= 4 is 27.6 Å². The Labute approximate surface area is 109 Å². The number of nitrogen functional groups attached to an aromatic ring is 1. The topological polar surface area (TPSA) is 55.0 Å². The van der Waals surface area contributed by atoms with Crippen molar-refractivity contribution < 1.29 is 0 Å². The summed E-state index contributed by atoms with van der Waals surface area (Å²) in [6.45, 7) is 0.784. The Morgan fingerprint density at radius 2 is 1.88 bits per heavy atom. The molecule has 0 radical (unpaired) electrons. The molecule has 0 spiro atoms. The van der Waals surface area contributed by atoms with Gasteiger partial charge in [-0.2, -0.15) is 0 Å². The molecule has 2 N–H and O–H groups in total. The van der Waals surface area contributed by atoms with Crippen molar-refractivity contribution in [1.29, 1.82) is 0 Å². The molecule has 5 heteroatoms. The fourth-order valence-corrected chi connectivity index (χ4v) is 1.74. The maximum absolute atomic E-state index is 5.50. The molecule has 2 aromatic rings. The van der Waals surface area contributed by atoms with Gasteiger partial charge in [-0.05, 0) is 17.7 Å². The summed E-state index contributed by atoms with van der Waals surface area (Å²) in [6, 6.07) is 8.20. The van der Waals surface area contributed by atoms with Crippen LogP contribution in [0, 0.1) is 0 Å². The summed E-state index contributed by atoms with van der Waals surface area (Å²) in [5.74, 6) is 1.24. The van der Waals surface area contributed by atoms with Crippen LogP contribution in [0.1, 0.15) is 5.56 Å². The summed E-state index contributed by atoms with van der Waals surface area (Å²) in [5.41, 5.74) is 6.72. The standard InChI is InChI=1S/C12H13BrN4/c1-17(12-7-15-11(14)6-16-12)8-9-2-4-10(13)5-3-9/h2-7H,8H2,1H3,(H2,14,15). The van der Waals surface area contributed by atoms with Gasteiger partial charge in [-0.25, -0.2) is 9.97 Å². The largest absolute Gasteiger partial charge is 0.382 e. The summed E-state index contributed by atoms with van der Waals surface area (Å²) < 4.78 is 1.08. The highest BCUT2D eigenvalue weighted by Gasteiger charge is 2.03. The van der Waals surface area contributed by atoms with E-state index in [1.165, 1.54) is 5.56 Å². The van der Waals surface area contributed by atoms with Crippen molar-refractivity contribution in [3.8, 4) is 0 Å². The van der Waals surface area contributed by atoms with E-state index < -0.39 is 0 Å². The Hall–Kier alpha value is -1.62. The second kappa shape index (κ2) is 5.14. The molecule has 0 aliphatic rings. The van der Waals surface area contributed by atoms with Crippen molar-refractivity contribution in [3.05, 3.63) is 46.7 Å². The van der Waals surface area contributed by atoms with E-state index in [0.29, 0.717) is 5.82 Å². The average Bonchev–Trinajstić information content (AvgIpc) is 2.33. The number of halogens is 1. The van der Waals surface area contributed by atoms with E-state index in [1.54, 1.807) is 12.4 Å². The Balaban J connectivity index is 2.08. The van der Waals surface area contributed by atoms with Crippen LogP contribution in [0.3, 0.4) is 0 Å². The first-order chi connectivity index (χ1) is 8.15. The van der Waals surface area contributed by atoms with Gasteiger partial charge in [-0.3, -0.25) is 0 Å². The van der Waals surface area contributed by atoms with Crippen LogP contribution in [0.25, 0.3) is 0 Å². The van der Waals surface area contributed by atoms with Gasteiger partial charge in [0.2, 0.25) is 0 Å². The van der Waals surface area contributed by atoms with E-state index in [1.807, 2.05) is 24.1 Å². The van der Waals surface area contributed by atoms with Gasteiger partial charge in [0, 0.05) is 18.1 Å². The van der Waals surface area contributed by atoms with Crippen LogP contribution in [0.4, 0.5) is 11.6 Å².